The molecule has 0 bridgehead atoms. The molecule has 272 valence electrons. The number of unbranched alkanes of at least 4 members (excludes halogenated alkanes) is 5. The van der Waals surface area contributed by atoms with Gasteiger partial charge in [-0.3, -0.25) is 10.3 Å². The Morgan fingerprint density at radius 1 is 0.654 bits per heavy atom. The van der Waals surface area contributed by atoms with E-state index in [9.17, 15) is 0 Å². The number of nitrogens with zero attached hydrogens (tertiary/aromatic N) is 1. The molecule has 6 rings (SSSR count). The molecule has 0 radical (unpaired) electrons. The van der Waals surface area contributed by atoms with Crippen LogP contribution in [0.4, 0.5) is 0 Å². The molecular formula is C43H50BrClN5OP. The molecule has 1 atom stereocenters. The van der Waals surface area contributed by atoms with Crippen molar-refractivity contribution in [2.45, 2.75) is 51.1 Å². The van der Waals surface area contributed by atoms with E-state index in [1.807, 2.05) is 30.3 Å². The molecule has 9 heteroatoms. The van der Waals surface area contributed by atoms with Crippen LogP contribution in [0, 0.1) is 0 Å². The molecule has 5 N–H and O–H groups in total. The summed E-state index contributed by atoms with van der Waals surface area (Å²) in [6.45, 7) is 1.48. The normalized spacial score (nSPS) is 15.6. The number of rotatable bonds is 17. The van der Waals surface area contributed by atoms with Gasteiger partial charge in [0.15, 0.2) is 6.17 Å². The topological polar surface area (TPSA) is 85.6 Å². The Balaban J connectivity index is 0.00000523. The average molecular weight is 799 g/mol. The number of nitrogens with two attached hydrogens (primary N) is 1. The second-order valence-electron chi connectivity index (χ2n) is 13.2. The molecule has 0 spiro atoms. The molecule has 5 aromatic rings. The fourth-order valence-electron chi connectivity index (χ4n) is 6.94. The second kappa shape index (κ2) is 19.1. The number of guanidine groups is 2. The summed E-state index contributed by atoms with van der Waals surface area (Å²) < 4.78 is 6.10. The first-order valence-corrected chi connectivity index (χ1v) is 21.5. The number of ether oxygens (including phenoxy) is 1. The van der Waals surface area contributed by atoms with Crippen molar-refractivity contribution in [3.05, 3.63) is 157 Å². The second-order valence-corrected chi connectivity index (χ2v) is 19.8. The molecule has 1 unspecified atom stereocenters. The van der Waals surface area contributed by atoms with Crippen LogP contribution in [0.2, 0.25) is 0 Å². The van der Waals surface area contributed by atoms with Crippen molar-refractivity contribution in [2.75, 3.05) is 19.3 Å². The van der Waals surface area contributed by atoms with Crippen LogP contribution in [-0.2, 0) is 6.42 Å². The zero-order valence-electron chi connectivity index (χ0n) is 29.6. The molecule has 1 aliphatic heterocycles. The molecule has 0 aliphatic carbocycles. The maximum atomic E-state index is 8.21. The fraction of sp³-hybridized carbons (Fsp3) is 0.256. The minimum absolute atomic E-state index is 0. The minimum atomic E-state index is -3.17. The van der Waals surface area contributed by atoms with Crippen molar-refractivity contribution >= 4 is 45.0 Å². The molecule has 6 nitrogen and oxygen atoms in total. The summed E-state index contributed by atoms with van der Waals surface area (Å²) in [5, 5.41) is 10.2. The van der Waals surface area contributed by atoms with Gasteiger partial charge in [-0.25, -0.2) is 5.32 Å². The van der Waals surface area contributed by atoms with Gasteiger partial charge in [-0.1, -0.05) is 30.3 Å². The smallest absolute Gasteiger partial charge is 1.00 e. The van der Waals surface area contributed by atoms with Gasteiger partial charge in [0.25, 0.3) is 5.96 Å². The van der Waals surface area contributed by atoms with Crippen LogP contribution in [0.15, 0.2) is 151 Å². The molecule has 0 fully saturated rings. The summed E-state index contributed by atoms with van der Waals surface area (Å²) in [5.74, 6) is -1.16. The van der Waals surface area contributed by atoms with E-state index in [1.54, 1.807) is 0 Å². The molecule has 5 aromatic carbocycles. The van der Waals surface area contributed by atoms with Crippen molar-refractivity contribution in [1.29, 1.82) is 0 Å². The van der Waals surface area contributed by atoms with Crippen LogP contribution in [-0.4, -0.2) is 31.2 Å². The van der Waals surface area contributed by atoms with E-state index in [-0.39, 0.29) is 23.1 Å². The third-order valence-electron chi connectivity index (χ3n) is 9.68. The first-order valence-electron chi connectivity index (χ1n) is 18.2. The summed E-state index contributed by atoms with van der Waals surface area (Å²) in [5.41, 5.74) is 8.41. The molecule has 52 heavy (non-hydrogen) atoms. The van der Waals surface area contributed by atoms with Crippen LogP contribution < -0.4 is 59.0 Å². The zero-order valence-corrected chi connectivity index (χ0v) is 32.9. The van der Waals surface area contributed by atoms with Crippen molar-refractivity contribution in [2.24, 2.45) is 10.7 Å². The number of aliphatic imine (C=N–C) groups is 1. The Bertz CT molecular complexity index is 1760. The predicted octanol–water partition coefficient (Wildman–Crippen LogP) is 3.28. The van der Waals surface area contributed by atoms with Gasteiger partial charge in [0.05, 0.1) is 6.54 Å². The Kier molecular flexibility index (Phi) is 14.3. The zero-order chi connectivity index (χ0) is 35.2. The third-order valence-corrected chi connectivity index (χ3v) is 17.2. The summed E-state index contributed by atoms with van der Waals surface area (Å²) in [7, 11) is 0. The first kappa shape index (κ1) is 39.1. The first-order chi connectivity index (χ1) is 25.0. The summed E-state index contributed by atoms with van der Waals surface area (Å²) >= 11 is 8.21. The van der Waals surface area contributed by atoms with Crippen molar-refractivity contribution in [3.63, 3.8) is 0 Å². The van der Waals surface area contributed by atoms with E-state index in [0.717, 1.165) is 62.1 Å². The predicted molar refractivity (Wildman–Crippen MR) is 217 cm³/mol. The molecule has 1 heterocycles. The van der Waals surface area contributed by atoms with Crippen LogP contribution in [0.5, 0.6) is 5.75 Å². The number of nitrogens with one attached hydrogen (secondary N) is 3. The molecule has 0 saturated heterocycles. The standard InChI is InChI=1S/C43H49ClN5OP.BrH/c44-51(38-21-11-6-12-22-38,39-23-13-7-14-24-39,40-25-15-8-16-26-40)34-18-4-2-1-3-17-33-50-37-29-27-36(28-30-37)41-47-42(45)49-43(48-41)46-32-31-35-19-9-5-10-20-35;/h5-16,19-30,41H,1-4,17-18,31-34H2,(H4,45,46,47,48,49);1H. The monoisotopic (exact) mass is 797 g/mol. The van der Waals surface area contributed by atoms with Gasteiger partial charge in [-0.05, 0) is 5.56 Å². The fourth-order valence-corrected chi connectivity index (χ4v) is 13.2. The van der Waals surface area contributed by atoms with E-state index in [1.165, 1.54) is 34.3 Å². The van der Waals surface area contributed by atoms with Gasteiger partial charge in [-0.2, -0.15) is 4.99 Å². The van der Waals surface area contributed by atoms with Gasteiger partial charge in [-0.15, -0.1) is 0 Å². The van der Waals surface area contributed by atoms with Gasteiger partial charge in [0.2, 0.25) is 0 Å². The van der Waals surface area contributed by atoms with Crippen molar-refractivity contribution in [1.82, 2.24) is 10.6 Å². The van der Waals surface area contributed by atoms with Gasteiger partial charge in [0.1, 0.15) is 0 Å². The molecule has 0 saturated carbocycles. The minimum Gasteiger partial charge on any atom is -1.00 e. The maximum absolute atomic E-state index is 8.21. The summed E-state index contributed by atoms with van der Waals surface area (Å²) in [6.07, 6.45) is 8.35. The third kappa shape index (κ3) is 9.63. The quantitative estimate of drug-likeness (QED) is 0.0861. The Hall–Kier alpha value is -4.16. The van der Waals surface area contributed by atoms with E-state index in [4.69, 9.17) is 21.7 Å². The van der Waals surface area contributed by atoms with E-state index in [2.05, 4.69) is 136 Å². The van der Waals surface area contributed by atoms with Gasteiger partial charge >= 0.3 is 216 Å². The van der Waals surface area contributed by atoms with Crippen molar-refractivity contribution < 1.29 is 26.7 Å². The molecule has 1 aliphatic rings. The number of halogens is 2. The number of benzene rings is 5. The summed E-state index contributed by atoms with van der Waals surface area (Å²) in [4.78, 5) is 7.94. The van der Waals surface area contributed by atoms with Gasteiger partial charge < -0.3 is 22.7 Å². The summed E-state index contributed by atoms with van der Waals surface area (Å²) in [6, 6.07) is 50.9. The van der Waals surface area contributed by atoms with Crippen LogP contribution in [0.25, 0.3) is 0 Å². The van der Waals surface area contributed by atoms with Crippen LogP contribution in [0.3, 0.4) is 0 Å². The Labute approximate surface area is 324 Å². The van der Waals surface area contributed by atoms with E-state index < -0.39 is 5.96 Å². The van der Waals surface area contributed by atoms with Gasteiger partial charge in [0, 0.05) is 12.0 Å². The Morgan fingerprint density at radius 3 is 1.71 bits per heavy atom. The van der Waals surface area contributed by atoms with Crippen molar-refractivity contribution in [3.8, 4) is 5.75 Å². The van der Waals surface area contributed by atoms with Crippen LogP contribution in [0.1, 0.15) is 55.8 Å². The average Bonchev–Trinajstić information content (AvgIpc) is 3.19. The Morgan fingerprint density at radius 2 is 1.15 bits per heavy atom. The van der Waals surface area contributed by atoms with Crippen LogP contribution >= 0.6 is 17.2 Å². The molecule has 0 aromatic heterocycles. The number of hydrogen-bond acceptors (Lipinski definition) is 3. The number of hydrogen-bond donors (Lipinski definition) is 4. The SMILES string of the molecule is NC1=NC(c2ccc(OCCCCCCCCP(Cl)(c3ccccc3)(c3ccccc3)c3ccccc3)cc2)NC(=[NH+]CCc2ccccc2)N1.[Br-]. The van der Waals surface area contributed by atoms with E-state index >= 15 is 0 Å². The molecule has 0 amide bonds. The van der Waals surface area contributed by atoms with E-state index in [0.29, 0.717) is 12.6 Å². The molecular weight excluding hydrogens is 749 g/mol.